The van der Waals surface area contributed by atoms with Crippen LogP contribution in [0.1, 0.15) is 18.7 Å². The van der Waals surface area contributed by atoms with E-state index in [0.717, 1.165) is 0 Å². The molecule has 2 aliphatic heterocycles. The second kappa shape index (κ2) is 6.50. The number of thioether (sulfide) groups is 1. The molecule has 2 N–H and O–H groups in total. The van der Waals surface area contributed by atoms with E-state index in [1.807, 2.05) is 0 Å². The Bertz CT molecular complexity index is 775. The Morgan fingerprint density at radius 3 is 2.56 bits per heavy atom. The van der Waals surface area contributed by atoms with E-state index in [1.54, 1.807) is 31.4 Å². The number of nitrogens with zero attached hydrogens (tertiary/aromatic N) is 1. The third-order valence-corrected chi connectivity index (χ3v) is 6.98. The average molecular weight is 421 g/mol. The first-order valence-corrected chi connectivity index (χ1v) is 9.79. The Morgan fingerprint density at radius 1 is 1.36 bits per heavy atom. The molecule has 2 amide bonds. The van der Waals surface area contributed by atoms with E-state index < -0.39 is 40.0 Å². The van der Waals surface area contributed by atoms with Crippen LogP contribution in [-0.4, -0.2) is 50.0 Å². The number of carboxylic acids is 1. The van der Waals surface area contributed by atoms with E-state index in [9.17, 15) is 19.5 Å². The number of carbonyl (C=O) groups excluding carboxylic acids is 2. The van der Waals surface area contributed by atoms with Crippen molar-refractivity contribution in [1.82, 2.24) is 10.2 Å². The highest BCUT2D eigenvalue weighted by Crippen LogP contribution is 2.50. The first-order valence-electron chi connectivity index (χ1n) is 7.28. The molecule has 1 aromatic heterocycles. The van der Waals surface area contributed by atoms with Crippen LogP contribution in [-0.2, 0) is 14.4 Å². The van der Waals surface area contributed by atoms with E-state index in [1.165, 1.54) is 28.0 Å². The van der Waals surface area contributed by atoms with Crippen molar-refractivity contribution in [3.63, 3.8) is 0 Å². The molecule has 0 aliphatic carbocycles. The Kier molecular flexibility index (Phi) is 4.83. The smallest absolute Gasteiger partial charge is 0.327 e. The number of halogens is 2. The Labute approximate surface area is 162 Å². The van der Waals surface area contributed by atoms with E-state index in [-0.39, 0.29) is 10.1 Å². The molecule has 3 rings (SSSR count). The lowest BCUT2D eigenvalue weighted by atomic mass is 9.96. The summed E-state index contributed by atoms with van der Waals surface area (Å²) in [6.07, 6.45) is 0. The number of hydrogen-bond donors (Lipinski definition) is 2. The van der Waals surface area contributed by atoms with Gasteiger partial charge in [-0.2, -0.15) is 0 Å². The Hall–Kier alpha value is -1.22. The maximum Gasteiger partial charge on any atom is 0.327 e. The molecular formula is C15H14Cl2N2O4S2. The largest absolute Gasteiger partial charge is 0.480 e. The number of hydrogen-bond acceptors (Lipinski definition) is 5. The quantitative estimate of drug-likeness (QED) is 0.577. The molecule has 0 spiro atoms. The fourth-order valence-corrected chi connectivity index (χ4v) is 5.96. The zero-order chi connectivity index (χ0) is 18.5. The maximum atomic E-state index is 12.6. The molecule has 2 fully saturated rings. The van der Waals surface area contributed by atoms with Crippen molar-refractivity contribution < 1.29 is 19.5 Å². The Morgan fingerprint density at radius 2 is 2.04 bits per heavy atom. The number of aliphatic carboxylic acids is 1. The van der Waals surface area contributed by atoms with Crippen LogP contribution in [0.5, 0.6) is 0 Å². The molecule has 0 unspecified atom stereocenters. The summed E-state index contributed by atoms with van der Waals surface area (Å²) >= 11 is 14.3. The van der Waals surface area contributed by atoms with Gasteiger partial charge < -0.3 is 15.3 Å². The molecule has 6 nitrogen and oxygen atoms in total. The summed E-state index contributed by atoms with van der Waals surface area (Å²) in [5.41, 5.74) is 0.0987. The van der Waals surface area contributed by atoms with Crippen molar-refractivity contribution in [1.29, 1.82) is 0 Å². The van der Waals surface area contributed by atoms with Crippen molar-refractivity contribution >= 4 is 69.7 Å². The highest BCUT2D eigenvalue weighted by atomic mass is 35.5. The molecule has 0 bridgehead atoms. The van der Waals surface area contributed by atoms with Crippen molar-refractivity contribution in [3.05, 3.63) is 26.9 Å². The van der Waals surface area contributed by atoms with Crippen molar-refractivity contribution in [3.8, 4) is 0 Å². The van der Waals surface area contributed by atoms with Gasteiger partial charge in [0.25, 0.3) is 5.91 Å². The zero-order valence-corrected chi connectivity index (χ0v) is 16.3. The molecule has 1 aromatic rings. The third-order valence-electron chi connectivity index (χ3n) is 4.15. The summed E-state index contributed by atoms with van der Waals surface area (Å²) in [4.78, 5) is 38.4. The number of thiophene rings is 1. The Balaban J connectivity index is 1.79. The summed E-state index contributed by atoms with van der Waals surface area (Å²) in [5.74, 6) is -2.03. The number of carboxylic acid groups (broad SMARTS) is 1. The SMILES string of the molecule is CC1(C)S[C@@H]2[C@H](NC(=O)C(=C(Cl)Cl)c3cccs3)C(=O)N2[C@H]1C(=O)O. The number of amides is 2. The molecule has 0 aromatic carbocycles. The van der Waals surface area contributed by atoms with Gasteiger partial charge in [0, 0.05) is 9.62 Å². The van der Waals surface area contributed by atoms with Crippen molar-refractivity contribution in [2.45, 2.75) is 36.1 Å². The molecule has 2 saturated heterocycles. The summed E-state index contributed by atoms with van der Waals surface area (Å²) in [6.45, 7) is 3.54. The molecule has 3 atom stereocenters. The van der Waals surface area contributed by atoms with Gasteiger partial charge >= 0.3 is 5.97 Å². The minimum atomic E-state index is -1.05. The first-order chi connectivity index (χ1) is 11.6. The maximum absolute atomic E-state index is 12.6. The minimum absolute atomic E-state index is 0.0987. The van der Waals surface area contributed by atoms with Gasteiger partial charge in [-0.25, -0.2) is 4.79 Å². The van der Waals surface area contributed by atoms with Crippen molar-refractivity contribution in [2.24, 2.45) is 0 Å². The van der Waals surface area contributed by atoms with E-state index in [4.69, 9.17) is 23.2 Å². The van der Waals surface area contributed by atoms with Gasteiger partial charge in [-0.3, -0.25) is 9.59 Å². The van der Waals surface area contributed by atoms with Gasteiger partial charge in [-0.15, -0.1) is 23.1 Å². The third kappa shape index (κ3) is 3.05. The van der Waals surface area contributed by atoms with Gasteiger partial charge in [0.1, 0.15) is 21.9 Å². The predicted octanol–water partition coefficient (Wildman–Crippen LogP) is 2.53. The van der Waals surface area contributed by atoms with Crippen LogP contribution in [0.4, 0.5) is 0 Å². The van der Waals surface area contributed by atoms with Crippen LogP contribution in [0.2, 0.25) is 0 Å². The zero-order valence-electron chi connectivity index (χ0n) is 13.2. The second-order valence-corrected chi connectivity index (χ2v) is 9.83. The molecule has 3 heterocycles. The highest BCUT2D eigenvalue weighted by molar-refractivity contribution is 8.01. The molecule has 0 saturated carbocycles. The van der Waals surface area contributed by atoms with Crippen LogP contribution in [0.15, 0.2) is 22.0 Å². The molecular weight excluding hydrogens is 407 g/mol. The van der Waals surface area contributed by atoms with Crippen LogP contribution in [0.25, 0.3) is 5.57 Å². The minimum Gasteiger partial charge on any atom is -0.480 e. The first kappa shape index (κ1) is 18.6. The van der Waals surface area contributed by atoms with Gasteiger partial charge in [0.15, 0.2) is 0 Å². The van der Waals surface area contributed by atoms with E-state index in [0.29, 0.717) is 4.88 Å². The van der Waals surface area contributed by atoms with Gasteiger partial charge in [-0.05, 0) is 25.3 Å². The van der Waals surface area contributed by atoms with Crippen LogP contribution < -0.4 is 5.32 Å². The lowest BCUT2D eigenvalue weighted by Crippen LogP contribution is -2.70. The van der Waals surface area contributed by atoms with Crippen LogP contribution in [0, 0.1) is 0 Å². The fraction of sp³-hybridized carbons (Fsp3) is 0.400. The highest BCUT2D eigenvalue weighted by Gasteiger charge is 2.64. The van der Waals surface area contributed by atoms with E-state index >= 15 is 0 Å². The number of β-lactam (4-membered cyclic amide) rings is 1. The van der Waals surface area contributed by atoms with Crippen LogP contribution in [0.3, 0.4) is 0 Å². The summed E-state index contributed by atoms with van der Waals surface area (Å²) in [5, 5.41) is 13.4. The molecule has 2 aliphatic rings. The summed E-state index contributed by atoms with van der Waals surface area (Å²) in [6, 6.07) is 1.73. The lowest BCUT2D eigenvalue weighted by molar-refractivity contribution is -0.160. The fourth-order valence-electron chi connectivity index (χ4n) is 3.07. The van der Waals surface area contributed by atoms with E-state index in [2.05, 4.69) is 5.32 Å². The summed E-state index contributed by atoms with van der Waals surface area (Å²) < 4.78 is -0.839. The number of rotatable bonds is 4. The lowest BCUT2D eigenvalue weighted by Gasteiger charge is -2.43. The number of nitrogens with one attached hydrogen (secondary N) is 1. The monoisotopic (exact) mass is 420 g/mol. The predicted molar refractivity (Wildman–Crippen MR) is 98.6 cm³/mol. The standard InChI is InChI=1S/C15H14Cl2N2O4S2/c1-15(2)9(14(22)23)19-12(21)8(13(19)25-15)18-11(20)7(10(16)17)6-4-3-5-24-6/h3-5,8-9,13H,1-2H3,(H,18,20)(H,22,23)/t8-,9+,13-/m1/s1. The molecule has 0 radical (unpaired) electrons. The summed E-state index contributed by atoms with van der Waals surface area (Å²) in [7, 11) is 0. The van der Waals surface area contributed by atoms with Gasteiger partial charge in [-0.1, -0.05) is 29.3 Å². The molecule has 10 heteroatoms. The number of carbonyl (C=O) groups is 3. The van der Waals surface area contributed by atoms with Crippen molar-refractivity contribution in [2.75, 3.05) is 0 Å². The molecule has 25 heavy (non-hydrogen) atoms. The van der Waals surface area contributed by atoms with Crippen LogP contribution >= 0.6 is 46.3 Å². The van der Waals surface area contributed by atoms with Gasteiger partial charge in [0.05, 0.1) is 5.57 Å². The second-order valence-electron chi connectivity index (χ2n) is 6.16. The normalized spacial score (nSPS) is 26.6. The molecule has 134 valence electrons. The van der Waals surface area contributed by atoms with Gasteiger partial charge in [0.2, 0.25) is 5.91 Å². The topological polar surface area (TPSA) is 86.7 Å². The number of fused-ring (bicyclic) bond motifs is 1. The average Bonchev–Trinajstić information content (AvgIpc) is 3.09.